The van der Waals surface area contributed by atoms with Crippen LogP contribution in [0.3, 0.4) is 0 Å². The zero-order chi connectivity index (χ0) is 16.4. The van der Waals surface area contributed by atoms with Crippen LogP contribution in [0.15, 0.2) is 46.9 Å². The number of fused-ring (bicyclic) bond motifs is 2. The minimum atomic E-state index is -0.963. The Morgan fingerprint density at radius 3 is 2.43 bits per heavy atom. The molecule has 0 saturated heterocycles. The van der Waals surface area contributed by atoms with Gasteiger partial charge in [-0.25, -0.2) is 0 Å². The first-order chi connectivity index (χ1) is 11.0. The average Bonchev–Trinajstić information content (AvgIpc) is 2.64. The fraction of sp³-hybridized carbons (Fsp3) is 0.300. The summed E-state index contributed by atoms with van der Waals surface area (Å²) in [6.45, 7) is 0.960. The zero-order valence-electron chi connectivity index (χ0n) is 13.6. The largest absolute Gasteiger partial charge is 0.380 e. The Hall–Kier alpha value is -1.42. The van der Waals surface area contributed by atoms with Gasteiger partial charge in [0.05, 0.1) is 0 Å². The van der Waals surface area contributed by atoms with Crippen molar-refractivity contribution in [2.45, 2.75) is 18.4 Å². The lowest BCUT2D eigenvalue weighted by Crippen LogP contribution is -2.30. The molecule has 0 aliphatic heterocycles. The van der Waals surface area contributed by atoms with E-state index >= 15 is 0 Å². The van der Waals surface area contributed by atoms with Crippen LogP contribution in [0, 0.1) is 0 Å². The standard InChI is InChI=1S/C20H22BrNO/c1-22(2)13-5-12-20(23)18-7-4-3-6-15(18)8-9-16-10-11-17(21)14-19(16)20/h3-4,6-11,14,23H,5,12-13H2,1-2H3. The van der Waals surface area contributed by atoms with Crippen LogP contribution >= 0.6 is 15.9 Å². The topological polar surface area (TPSA) is 23.5 Å². The smallest absolute Gasteiger partial charge is 0.116 e. The lowest BCUT2D eigenvalue weighted by molar-refractivity contribution is 0.0662. The molecule has 0 bridgehead atoms. The van der Waals surface area contributed by atoms with Crippen molar-refractivity contribution in [1.29, 1.82) is 0 Å². The number of hydrogen-bond acceptors (Lipinski definition) is 2. The summed E-state index contributed by atoms with van der Waals surface area (Å²) in [5.41, 5.74) is 3.18. The van der Waals surface area contributed by atoms with Crippen LogP contribution < -0.4 is 0 Å². The second-order valence-corrected chi connectivity index (χ2v) is 7.33. The van der Waals surface area contributed by atoms with Crippen molar-refractivity contribution >= 4 is 28.1 Å². The van der Waals surface area contributed by atoms with Crippen molar-refractivity contribution in [2.24, 2.45) is 0 Å². The van der Waals surface area contributed by atoms with Gasteiger partial charge >= 0.3 is 0 Å². The molecular formula is C20H22BrNO. The molecule has 2 nitrogen and oxygen atoms in total. The fourth-order valence-corrected chi connectivity index (χ4v) is 3.66. The van der Waals surface area contributed by atoms with Gasteiger partial charge in [-0.3, -0.25) is 0 Å². The second-order valence-electron chi connectivity index (χ2n) is 6.42. The molecule has 2 aromatic rings. The maximum atomic E-state index is 11.7. The van der Waals surface area contributed by atoms with Crippen molar-refractivity contribution in [1.82, 2.24) is 4.90 Å². The monoisotopic (exact) mass is 371 g/mol. The van der Waals surface area contributed by atoms with Crippen LogP contribution in [0.2, 0.25) is 0 Å². The highest BCUT2D eigenvalue weighted by Crippen LogP contribution is 2.42. The number of halogens is 1. The third kappa shape index (κ3) is 3.27. The Morgan fingerprint density at radius 1 is 1.00 bits per heavy atom. The first-order valence-electron chi connectivity index (χ1n) is 7.95. The van der Waals surface area contributed by atoms with Gasteiger partial charge in [0.15, 0.2) is 0 Å². The van der Waals surface area contributed by atoms with Gasteiger partial charge in [0, 0.05) is 4.47 Å². The minimum absolute atomic E-state index is 0.702. The Morgan fingerprint density at radius 2 is 1.70 bits per heavy atom. The Labute approximate surface area is 146 Å². The summed E-state index contributed by atoms with van der Waals surface area (Å²) >= 11 is 3.56. The van der Waals surface area contributed by atoms with E-state index in [-0.39, 0.29) is 0 Å². The van der Waals surface area contributed by atoms with Crippen LogP contribution in [0.25, 0.3) is 12.2 Å². The summed E-state index contributed by atoms with van der Waals surface area (Å²) < 4.78 is 0.995. The van der Waals surface area contributed by atoms with Crippen LogP contribution in [0.5, 0.6) is 0 Å². The Balaban J connectivity index is 2.12. The highest BCUT2D eigenvalue weighted by Gasteiger charge is 2.35. The van der Waals surface area contributed by atoms with Gasteiger partial charge in [-0.2, -0.15) is 0 Å². The van der Waals surface area contributed by atoms with Crippen LogP contribution in [0.4, 0.5) is 0 Å². The molecule has 1 N–H and O–H groups in total. The number of aliphatic hydroxyl groups is 1. The average molecular weight is 372 g/mol. The molecule has 0 amide bonds. The number of benzene rings is 2. The number of nitrogens with zero attached hydrogens (tertiary/aromatic N) is 1. The summed E-state index contributed by atoms with van der Waals surface area (Å²) in [6.07, 6.45) is 5.84. The summed E-state index contributed by atoms with van der Waals surface area (Å²) in [5, 5.41) is 11.7. The lowest BCUT2D eigenvalue weighted by Gasteiger charge is -2.32. The summed E-state index contributed by atoms with van der Waals surface area (Å²) in [5.74, 6) is 0. The molecule has 1 atom stereocenters. The maximum absolute atomic E-state index is 11.7. The molecule has 1 unspecified atom stereocenters. The normalized spacial score (nSPS) is 19.3. The first-order valence-corrected chi connectivity index (χ1v) is 8.75. The fourth-order valence-electron chi connectivity index (χ4n) is 3.30. The summed E-state index contributed by atoms with van der Waals surface area (Å²) in [7, 11) is 4.13. The molecule has 0 heterocycles. The predicted octanol–water partition coefficient (Wildman–Crippen LogP) is 4.51. The molecule has 3 heteroatoms. The number of rotatable bonds is 4. The van der Waals surface area contributed by atoms with E-state index in [0.29, 0.717) is 6.42 Å². The molecule has 1 aliphatic rings. The van der Waals surface area contributed by atoms with Gasteiger partial charge in [-0.05, 0) is 67.9 Å². The number of hydrogen-bond donors (Lipinski definition) is 1. The van der Waals surface area contributed by atoms with Crippen LogP contribution in [-0.2, 0) is 5.60 Å². The van der Waals surface area contributed by atoms with E-state index < -0.39 is 5.60 Å². The second kappa shape index (κ2) is 6.60. The lowest BCUT2D eigenvalue weighted by atomic mass is 9.80. The van der Waals surface area contributed by atoms with E-state index in [4.69, 9.17) is 0 Å². The summed E-state index contributed by atoms with van der Waals surface area (Å²) in [6, 6.07) is 14.3. The van der Waals surface area contributed by atoms with Crippen molar-refractivity contribution in [3.05, 3.63) is 69.2 Å². The van der Waals surface area contributed by atoms with Gasteiger partial charge in [0.1, 0.15) is 5.60 Å². The molecule has 0 saturated carbocycles. The molecule has 23 heavy (non-hydrogen) atoms. The molecule has 0 radical (unpaired) electrons. The predicted molar refractivity (Wildman–Crippen MR) is 100 cm³/mol. The minimum Gasteiger partial charge on any atom is -0.380 e. The Kier molecular flexibility index (Phi) is 4.72. The van der Waals surface area contributed by atoms with E-state index in [1.165, 1.54) is 0 Å². The van der Waals surface area contributed by atoms with Crippen LogP contribution in [0.1, 0.15) is 35.1 Å². The molecule has 0 spiro atoms. The van der Waals surface area contributed by atoms with Gasteiger partial charge < -0.3 is 10.0 Å². The Bertz CT molecular complexity index is 738. The highest BCUT2D eigenvalue weighted by atomic mass is 79.9. The molecule has 0 fully saturated rings. The quantitative estimate of drug-likeness (QED) is 0.854. The molecular weight excluding hydrogens is 350 g/mol. The van der Waals surface area contributed by atoms with Gasteiger partial charge in [-0.15, -0.1) is 0 Å². The highest BCUT2D eigenvalue weighted by molar-refractivity contribution is 9.10. The maximum Gasteiger partial charge on any atom is 0.116 e. The molecule has 3 rings (SSSR count). The zero-order valence-corrected chi connectivity index (χ0v) is 15.2. The van der Waals surface area contributed by atoms with Crippen molar-refractivity contribution in [3.8, 4) is 0 Å². The molecule has 2 aromatic carbocycles. The van der Waals surface area contributed by atoms with E-state index in [1.54, 1.807) is 0 Å². The van der Waals surface area contributed by atoms with Crippen molar-refractivity contribution < 1.29 is 5.11 Å². The SMILES string of the molecule is CN(C)CCCC1(O)c2ccccc2C=Cc2ccc(Br)cc21. The molecule has 120 valence electrons. The third-order valence-electron chi connectivity index (χ3n) is 4.45. The van der Waals surface area contributed by atoms with Gasteiger partial charge in [0.2, 0.25) is 0 Å². The van der Waals surface area contributed by atoms with E-state index in [0.717, 1.165) is 39.7 Å². The first kappa shape index (κ1) is 16.4. The van der Waals surface area contributed by atoms with E-state index in [1.807, 2.05) is 24.3 Å². The van der Waals surface area contributed by atoms with Gasteiger partial charge in [-0.1, -0.05) is 58.4 Å². The molecule has 0 aromatic heterocycles. The summed E-state index contributed by atoms with van der Waals surface area (Å²) in [4.78, 5) is 2.16. The third-order valence-corrected chi connectivity index (χ3v) is 4.95. The van der Waals surface area contributed by atoms with Crippen molar-refractivity contribution in [3.63, 3.8) is 0 Å². The van der Waals surface area contributed by atoms with E-state index in [9.17, 15) is 5.11 Å². The van der Waals surface area contributed by atoms with E-state index in [2.05, 4.69) is 65.3 Å². The van der Waals surface area contributed by atoms with Gasteiger partial charge in [0.25, 0.3) is 0 Å². The van der Waals surface area contributed by atoms with Crippen LogP contribution in [-0.4, -0.2) is 30.6 Å². The van der Waals surface area contributed by atoms with Crippen molar-refractivity contribution in [2.75, 3.05) is 20.6 Å². The molecule has 1 aliphatic carbocycles.